The van der Waals surface area contributed by atoms with E-state index in [4.69, 9.17) is 17.3 Å². The maximum Gasteiger partial charge on any atom is 0.239 e. The fraction of sp³-hybridized carbons (Fsp3) is 0.500. The van der Waals surface area contributed by atoms with E-state index in [2.05, 4.69) is 15.5 Å². The van der Waals surface area contributed by atoms with Crippen LogP contribution < -0.4 is 16.4 Å². The standard InChI is InChI=1S/C16H23ClN4O2/c17-13-5-3-4-12(8-13)14(21-6-1-2-7-21)10-19-16(23)11-20-15(22)9-18/h3-5,8,14H,1-2,6-7,9-11,18H2,(H,19,23)(H,20,22). The molecule has 1 atom stereocenters. The van der Waals surface area contributed by atoms with Gasteiger partial charge in [-0.05, 0) is 43.6 Å². The maximum absolute atomic E-state index is 11.9. The molecule has 1 aliphatic rings. The van der Waals surface area contributed by atoms with Gasteiger partial charge in [-0.2, -0.15) is 0 Å². The molecule has 2 rings (SSSR count). The van der Waals surface area contributed by atoms with Crippen molar-refractivity contribution >= 4 is 23.4 Å². The van der Waals surface area contributed by atoms with Gasteiger partial charge in [-0.15, -0.1) is 0 Å². The molecule has 6 nitrogen and oxygen atoms in total. The summed E-state index contributed by atoms with van der Waals surface area (Å²) in [6.45, 7) is 2.33. The zero-order chi connectivity index (χ0) is 16.7. The highest BCUT2D eigenvalue weighted by Gasteiger charge is 2.24. The minimum absolute atomic E-state index is 0.0572. The third-order valence-corrected chi connectivity index (χ3v) is 4.17. The van der Waals surface area contributed by atoms with Crippen LogP contribution >= 0.6 is 11.6 Å². The molecule has 4 N–H and O–H groups in total. The fourth-order valence-electron chi connectivity index (χ4n) is 2.75. The number of nitrogens with one attached hydrogen (secondary N) is 2. The number of likely N-dealkylation sites (tertiary alicyclic amines) is 1. The molecule has 0 aliphatic carbocycles. The van der Waals surface area contributed by atoms with Crippen molar-refractivity contribution in [1.82, 2.24) is 15.5 Å². The number of hydrogen-bond acceptors (Lipinski definition) is 4. The zero-order valence-electron chi connectivity index (χ0n) is 13.1. The molecule has 1 saturated heterocycles. The summed E-state index contributed by atoms with van der Waals surface area (Å²) in [7, 11) is 0. The van der Waals surface area contributed by atoms with E-state index in [1.807, 2.05) is 24.3 Å². The summed E-state index contributed by atoms with van der Waals surface area (Å²) in [5, 5.41) is 6.03. The van der Waals surface area contributed by atoms with E-state index in [0.29, 0.717) is 11.6 Å². The zero-order valence-corrected chi connectivity index (χ0v) is 13.8. The molecule has 0 bridgehead atoms. The predicted molar refractivity (Wildman–Crippen MR) is 90.1 cm³/mol. The average Bonchev–Trinajstić information content (AvgIpc) is 3.07. The van der Waals surface area contributed by atoms with Crippen molar-refractivity contribution in [2.75, 3.05) is 32.7 Å². The highest BCUT2D eigenvalue weighted by molar-refractivity contribution is 6.30. The van der Waals surface area contributed by atoms with Gasteiger partial charge >= 0.3 is 0 Å². The Balaban J connectivity index is 1.95. The van der Waals surface area contributed by atoms with Gasteiger partial charge in [0.25, 0.3) is 0 Å². The van der Waals surface area contributed by atoms with Crippen LogP contribution in [0.2, 0.25) is 5.02 Å². The normalized spacial score (nSPS) is 16.1. The Labute approximate surface area is 141 Å². The van der Waals surface area contributed by atoms with Crippen molar-refractivity contribution in [1.29, 1.82) is 0 Å². The number of amides is 2. The number of nitrogens with two attached hydrogens (primary N) is 1. The topological polar surface area (TPSA) is 87.5 Å². The van der Waals surface area contributed by atoms with E-state index in [1.54, 1.807) is 0 Å². The summed E-state index contributed by atoms with van der Waals surface area (Å²) in [5.41, 5.74) is 6.28. The largest absolute Gasteiger partial charge is 0.353 e. The number of carbonyl (C=O) groups is 2. The van der Waals surface area contributed by atoms with Gasteiger partial charge in [0.05, 0.1) is 19.1 Å². The second kappa shape index (κ2) is 8.86. The summed E-state index contributed by atoms with van der Waals surface area (Å²) in [6, 6.07) is 7.81. The van der Waals surface area contributed by atoms with Gasteiger partial charge in [-0.1, -0.05) is 23.7 Å². The summed E-state index contributed by atoms with van der Waals surface area (Å²) in [4.78, 5) is 25.3. The van der Waals surface area contributed by atoms with E-state index in [1.165, 1.54) is 0 Å². The molecule has 0 spiro atoms. The molecule has 1 aromatic carbocycles. The highest BCUT2D eigenvalue weighted by Crippen LogP contribution is 2.26. The van der Waals surface area contributed by atoms with E-state index in [9.17, 15) is 9.59 Å². The number of nitrogens with zero attached hydrogens (tertiary/aromatic N) is 1. The van der Waals surface area contributed by atoms with Crippen LogP contribution in [0, 0.1) is 0 Å². The van der Waals surface area contributed by atoms with E-state index >= 15 is 0 Å². The molecule has 23 heavy (non-hydrogen) atoms. The quantitative estimate of drug-likeness (QED) is 0.682. The first-order valence-corrected chi connectivity index (χ1v) is 8.21. The van der Waals surface area contributed by atoms with Gasteiger partial charge in [0.1, 0.15) is 0 Å². The Morgan fingerprint density at radius 3 is 2.61 bits per heavy atom. The van der Waals surface area contributed by atoms with Gasteiger partial charge in [0, 0.05) is 11.6 Å². The molecule has 126 valence electrons. The first-order chi connectivity index (χ1) is 11.1. The second-order valence-electron chi connectivity index (χ2n) is 5.60. The summed E-state index contributed by atoms with van der Waals surface area (Å²) in [5.74, 6) is -0.566. The first-order valence-electron chi connectivity index (χ1n) is 7.83. The van der Waals surface area contributed by atoms with Crippen LogP contribution in [0.25, 0.3) is 0 Å². The number of rotatable bonds is 7. The summed E-state index contributed by atoms with van der Waals surface area (Å²) < 4.78 is 0. The SMILES string of the molecule is NCC(=O)NCC(=O)NCC(c1cccc(Cl)c1)N1CCCC1. The fourth-order valence-corrected chi connectivity index (χ4v) is 2.95. The van der Waals surface area contributed by atoms with Gasteiger partial charge in [-0.25, -0.2) is 0 Å². The average molecular weight is 339 g/mol. The molecule has 1 unspecified atom stereocenters. The maximum atomic E-state index is 11.9. The Morgan fingerprint density at radius 2 is 1.96 bits per heavy atom. The van der Waals surface area contributed by atoms with Crippen molar-refractivity contribution in [2.24, 2.45) is 5.73 Å². The Kier molecular flexibility index (Phi) is 6.83. The molecule has 0 saturated carbocycles. The third kappa shape index (κ3) is 5.49. The molecule has 1 heterocycles. The monoisotopic (exact) mass is 338 g/mol. The van der Waals surface area contributed by atoms with Gasteiger partial charge in [0.15, 0.2) is 0 Å². The molecule has 1 fully saturated rings. The molecule has 0 aromatic heterocycles. The van der Waals surface area contributed by atoms with Crippen LogP contribution in [0.1, 0.15) is 24.4 Å². The predicted octanol–water partition coefficient (Wildman–Crippen LogP) is 0.668. The molecular formula is C16H23ClN4O2. The molecule has 0 radical (unpaired) electrons. The number of benzene rings is 1. The minimum atomic E-state index is -0.342. The Hall–Kier alpha value is -1.63. The van der Waals surface area contributed by atoms with Gasteiger partial charge < -0.3 is 16.4 Å². The van der Waals surface area contributed by atoms with Crippen LogP contribution in [0.15, 0.2) is 24.3 Å². The Bertz CT molecular complexity index is 547. The van der Waals surface area contributed by atoms with E-state index in [-0.39, 0.29) is 30.9 Å². The number of halogens is 1. The molecule has 1 aromatic rings. The van der Waals surface area contributed by atoms with Crippen molar-refractivity contribution < 1.29 is 9.59 Å². The van der Waals surface area contributed by atoms with E-state index < -0.39 is 0 Å². The second-order valence-corrected chi connectivity index (χ2v) is 6.04. The number of carbonyl (C=O) groups excluding carboxylic acids is 2. The van der Waals surface area contributed by atoms with Crippen molar-refractivity contribution in [3.63, 3.8) is 0 Å². The smallest absolute Gasteiger partial charge is 0.239 e. The van der Waals surface area contributed by atoms with Crippen LogP contribution in [0.4, 0.5) is 0 Å². The lowest BCUT2D eigenvalue weighted by molar-refractivity contribution is -0.125. The molecule has 1 aliphatic heterocycles. The Morgan fingerprint density at radius 1 is 1.22 bits per heavy atom. The van der Waals surface area contributed by atoms with Crippen molar-refractivity contribution in [3.8, 4) is 0 Å². The van der Waals surface area contributed by atoms with Gasteiger partial charge in [0.2, 0.25) is 11.8 Å². The number of hydrogen-bond donors (Lipinski definition) is 3. The lowest BCUT2D eigenvalue weighted by Gasteiger charge is -2.28. The lowest BCUT2D eigenvalue weighted by Crippen LogP contribution is -2.42. The third-order valence-electron chi connectivity index (χ3n) is 3.94. The molecule has 7 heteroatoms. The van der Waals surface area contributed by atoms with Crippen LogP contribution in [-0.4, -0.2) is 49.4 Å². The summed E-state index contributed by atoms with van der Waals surface area (Å²) >= 11 is 6.09. The van der Waals surface area contributed by atoms with Crippen molar-refractivity contribution in [2.45, 2.75) is 18.9 Å². The first kappa shape index (κ1) is 17.7. The summed E-state index contributed by atoms with van der Waals surface area (Å²) in [6.07, 6.45) is 2.33. The van der Waals surface area contributed by atoms with Crippen molar-refractivity contribution in [3.05, 3.63) is 34.9 Å². The van der Waals surface area contributed by atoms with Gasteiger partial charge in [-0.3, -0.25) is 14.5 Å². The van der Waals surface area contributed by atoms with Crippen LogP contribution in [0.3, 0.4) is 0 Å². The van der Waals surface area contributed by atoms with Crippen LogP contribution in [-0.2, 0) is 9.59 Å². The van der Waals surface area contributed by atoms with Crippen LogP contribution in [0.5, 0.6) is 0 Å². The molecule has 2 amide bonds. The highest BCUT2D eigenvalue weighted by atomic mass is 35.5. The minimum Gasteiger partial charge on any atom is -0.353 e. The lowest BCUT2D eigenvalue weighted by atomic mass is 10.1. The van der Waals surface area contributed by atoms with E-state index in [0.717, 1.165) is 31.5 Å². The molecular weight excluding hydrogens is 316 g/mol.